The van der Waals surface area contributed by atoms with Gasteiger partial charge in [-0.05, 0) is 30.2 Å². The third kappa shape index (κ3) is 8.75. The van der Waals surface area contributed by atoms with Crippen molar-refractivity contribution in [2.45, 2.75) is 93.9 Å². The summed E-state index contributed by atoms with van der Waals surface area (Å²) < 4.78 is 39.5. The van der Waals surface area contributed by atoms with Crippen molar-refractivity contribution in [3.8, 4) is 23.0 Å². The van der Waals surface area contributed by atoms with Gasteiger partial charge in [0.2, 0.25) is 6.29 Å². The highest BCUT2D eigenvalue weighted by atomic mass is 16.8. The summed E-state index contributed by atoms with van der Waals surface area (Å²) in [5.74, 6) is -3.13. The van der Waals surface area contributed by atoms with Gasteiger partial charge < -0.3 is 68.9 Å². The summed E-state index contributed by atoms with van der Waals surface area (Å²) in [6.07, 6.45) is -18.1. The fourth-order valence-corrected chi connectivity index (χ4v) is 6.19. The molecule has 3 heterocycles. The number of hydrogen-bond acceptors (Lipinski definition) is 17. The number of benzene rings is 3. The van der Waals surface area contributed by atoms with Crippen LogP contribution in [0.1, 0.15) is 47.4 Å². The molecule has 3 aliphatic heterocycles. The lowest BCUT2D eigenvalue weighted by atomic mass is 9.95. The van der Waals surface area contributed by atoms with E-state index in [0.717, 1.165) is 6.07 Å². The molecule has 3 aromatic carbocycles. The Kier molecular flexibility index (Phi) is 12.0. The highest BCUT2D eigenvalue weighted by Gasteiger charge is 2.51. The summed E-state index contributed by atoms with van der Waals surface area (Å²) in [6.45, 7) is 0.631. The molecule has 54 heavy (non-hydrogen) atoms. The number of hydrogen-bond donors (Lipinski definition) is 7. The molecule has 0 radical (unpaired) electrons. The lowest BCUT2D eigenvalue weighted by Gasteiger charge is -2.45. The topological polar surface area (TPSA) is 257 Å². The first kappa shape index (κ1) is 38.9. The van der Waals surface area contributed by atoms with Crippen LogP contribution in [0.5, 0.6) is 23.0 Å². The highest BCUT2D eigenvalue weighted by molar-refractivity contribution is 6.02. The molecule has 2 saturated heterocycles. The van der Waals surface area contributed by atoms with Crippen molar-refractivity contribution in [3.63, 3.8) is 0 Å². The number of ether oxygens (including phenoxy) is 7. The third-order valence-corrected chi connectivity index (χ3v) is 9.17. The van der Waals surface area contributed by atoms with Gasteiger partial charge in [-0.3, -0.25) is 14.4 Å². The monoisotopic (exact) mass is 756 g/mol. The predicted octanol–water partition coefficient (Wildman–Crippen LogP) is 0.519. The molecule has 290 valence electrons. The zero-order chi connectivity index (χ0) is 38.7. The van der Waals surface area contributed by atoms with Crippen molar-refractivity contribution in [2.24, 2.45) is 0 Å². The number of fused-ring (bicyclic) bond motifs is 1. The number of esters is 2. The molecule has 2 fully saturated rings. The second-order valence-corrected chi connectivity index (χ2v) is 13.1. The number of aliphatic hydroxyl groups is 5. The van der Waals surface area contributed by atoms with Gasteiger partial charge in [0.15, 0.2) is 18.2 Å². The average molecular weight is 757 g/mol. The van der Waals surface area contributed by atoms with Gasteiger partial charge in [0, 0.05) is 12.1 Å². The van der Waals surface area contributed by atoms with Crippen molar-refractivity contribution >= 4 is 17.7 Å². The van der Waals surface area contributed by atoms with Crippen molar-refractivity contribution in [1.29, 1.82) is 0 Å². The van der Waals surface area contributed by atoms with Crippen LogP contribution >= 0.6 is 0 Å². The van der Waals surface area contributed by atoms with E-state index in [1.54, 1.807) is 42.5 Å². The fraction of sp³-hybridized carbons (Fsp3) is 0.432. The summed E-state index contributed by atoms with van der Waals surface area (Å²) in [7, 11) is 0. The number of rotatable bonds is 11. The molecule has 3 aromatic rings. The van der Waals surface area contributed by atoms with E-state index in [0.29, 0.717) is 11.1 Å². The minimum Gasteiger partial charge on any atom is -0.508 e. The number of carbonyl (C=O) groups excluding carboxylic acids is 3. The molecular formula is C37H40O17. The van der Waals surface area contributed by atoms with Crippen LogP contribution in [0.15, 0.2) is 66.7 Å². The van der Waals surface area contributed by atoms with Crippen LogP contribution in [0, 0.1) is 0 Å². The maximum Gasteiger partial charge on any atom is 0.317 e. The molecule has 0 spiro atoms. The zero-order valence-corrected chi connectivity index (χ0v) is 28.7. The Balaban J connectivity index is 1.19. The van der Waals surface area contributed by atoms with E-state index in [2.05, 4.69) is 0 Å². The molecule has 0 saturated carbocycles. The molecule has 0 unspecified atom stereocenters. The molecule has 3 aliphatic rings. The highest BCUT2D eigenvalue weighted by Crippen LogP contribution is 2.43. The van der Waals surface area contributed by atoms with Gasteiger partial charge in [-0.2, -0.15) is 0 Å². The standard InChI is InChI=1S/C37H40O17/c1-17-30(43)32(45)34(47)36(50-17)54-35-33(46)31(44)26(16-49-28(42)14-27(41)48-15-18-5-3-2-4-6-18)53-37(35)51-21-11-22(39)29-23(40)13-24(52-25(29)12-21)19-7-9-20(38)10-8-19/h2-12,17,24,26,30-39,43-47H,13-16H2,1H3/t17-,24-,26+,30-,31+,32+,33-,34+,35+,36-,37+/m0/s1. The van der Waals surface area contributed by atoms with Gasteiger partial charge in [-0.1, -0.05) is 42.5 Å². The molecular weight excluding hydrogens is 716 g/mol. The van der Waals surface area contributed by atoms with E-state index in [1.807, 2.05) is 0 Å². The van der Waals surface area contributed by atoms with Gasteiger partial charge in [0.25, 0.3) is 0 Å². The van der Waals surface area contributed by atoms with E-state index in [4.69, 9.17) is 33.2 Å². The SMILES string of the molecule is C[C@@H]1O[C@@H](O[C@H]2[C@H](Oc3cc(O)c4c(c3)O[C@H](c3ccc(O)cc3)CC4=O)O[C@H](COC(=O)CC(=O)OCc3ccccc3)[C@@H](O)[C@@H]2O)[C@H](O)[C@H](O)[C@H]1O. The lowest BCUT2D eigenvalue weighted by Crippen LogP contribution is -2.64. The quantitative estimate of drug-likeness (QED) is 0.104. The molecule has 6 rings (SSSR count). The van der Waals surface area contributed by atoms with Crippen LogP contribution in [0.3, 0.4) is 0 Å². The molecule has 11 atom stereocenters. The van der Waals surface area contributed by atoms with Crippen LogP contribution in [-0.4, -0.2) is 121 Å². The summed E-state index contributed by atoms with van der Waals surface area (Å²) in [6, 6.07) is 17.1. The first-order valence-electron chi connectivity index (χ1n) is 17.0. The number of phenols is 2. The smallest absolute Gasteiger partial charge is 0.317 e. The molecule has 17 heteroatoms. The molecule has 0 aliphatic carbocycles. The first-order chi connectivity index (χ1) is 25.8. The summed E-state index contributed by atoms with van der Waals surface area (Å²) in [5.41, 5.74) is 1.13. The molecule has 0 aromatic heterocycles. The van der Waals surface area contributed by atoms with Gasteiger partial charge in [-0.25, -0.2) is 0 Å². The molecule has 17 nitrogen and oxygen atoms in total. The van der Waals surface area contributed by atoms with E-state index in [1.165, 1.54) is 25.1 Å². The Morgan fingerprint density at radius 3 is 2.22 bits per heavy atom. The lowest BCUT2D eigenvalue weighted by molar-refractivity contribution is -0.354. The zero-order valence-electron chi connectivity index (χ0n) is 28.7. The number of Topliss-reactive ketones (excluding diaryl/α,β-unsaturated/α-hetero) is 1. The fourth-order valence-electron chi connectivity index (χ4n) is 6.19. The van der Waals surface area contributed by atoms with E-state index in [-0.39, 0.29) is 35.8 Å². The van der Waals surface area contributed by atoms with Crippen LogP contribution in [0.25, 0.3) is 0 Å². The Labute approximate surface area is 307 Å². The molecule has 0 amide bonds. The van der Waals surface area contributed by atoms with Crippen molar-refractivity contribution in [2.75, 3.05) is 6.61 Å². The van der Waals surface area contributed by atoms with Crippen LogP contribution < -0.4 is 9.47 Å². The first-order valence-corrected chi connectivity index (χ1v) is 17.0. The van der Waals surface area contributed by atoms with Crippen molar-refractivity contribution in [3.05, 3.63) is 83.4 Å². The van der Waals surface area contributed by atoms with Crippen LogP contribution in [0.2, 0.25) is 0 Å². The maximum atomic E-state index is 13.1. The molecule has 0 bridgehead atoms. The van der Waals surface area contributed by atoms with E-state index >= 15 is 0 Å². The van der Waals surface area contributed by atoms with E-state index in [9.17, 15) is 50.1 Å². The maximum absolute atomic E-state index is 13.1. The summed E-state index contributed by atoms with van der Waals surface area (Å²) in [4.78, 5) is 37.8. The Morgan fingerprint density at radius 2 is 1.50 bits per heavy atom. The summed E-state index contributed by atoms with van der Waals surface area (Å²) in [5, 5.41) is 73.9. The number of aliphatic hydroxyl groups excluding tert-OH is 5. The predicted molar refractivity (Wildman–Crippen MR) is 179 cm³/mol. The van der Waals surface area contributed by atoms with Crippen LogP contribution in [0.4, 0.5) is 0 Å². The molecule has 7 N–H and O–H groups in total. The normalized spacial score (nSPS) is 30.8. The van der Waals surface area contributed by atoms with Gasteiger partial charge in [0.05, 0.1) is 12.5 Å². The largest absolute Gasteiger partial charge is 0.508 e. The van der Waals surface area contributed by atoms with Crippen molar-refractivity contribution in [1.82, 2.24) is 0 Å². The minimum absolute atomic E-state index is 0.00637. The Hall–Kier alpha value is -4.85. The Bertz CT molecular complexity index is 1780. The third-order valence-electron chi connectivity index (χ3n) is 9.17. The van der Waals surface area contributed by atoms with E-state index < -0.39 is 104 Å². The summed E-state index contributed by atoms with van der Waals surface area (Å²) >= 11 is 0. The van der Waals surface area contributed by atoms with Gasteiger partial charge >= 0.3 is 11.9 Å². The second-order valence-electron chi connectivity index (χ2n) is 13.1. The van der Waals surface area contributed by atoms with Gasteiger partial charge in [-0.15, -0.1) is 0 Å². The minimum atomic E-state index is -1.90. The van der Waals surface area contributed by atoms with Crippen molar-refractivity contribution < 1.29 is 83.3 Å². The number of aromatic hydroxyl groups is 2. The average Bonchev–Trinajstić information content (AvgIpc) is 3.14. The Morgan fingerprint density at radius 1 is 0.796 bits per heavy atom. The van der Waals surface area contributed by atoms with Crippen LogP contribution in [-0.2, 0) is 39.9 Å². The number of carbonyl (C=O) groups is 3. The number of ketones is 1. The number of phenolic OH excluding ortho intramolecular Hbond substituents is 2. The van der Waals surface area contributed by atoms with Gasteiger partial charge in [0.1, 0.15) is 90.9 Å². The second kappa shape index (κ2) is 16.7.